The predicted molar refractivity (Wildman–Crippen MR) is 62.2 cm³/mol. The quantitative estimate of drug-likeness (QED) is 0.643. The van der Waals surface area contributed by atoms with Gasteiger partial charge in [0.25, 0.3) is 0 Å². The fraction of sp³-hybridized carbons (Fsp3) is 0.200. The van der Waals surface area contributed by atoms with Crippen LogP contribution in [-0.4, -0.2) is 35.7 Å². The molecule has 0 fully saturated rings. The summed E-state index contributed by atoms with van der Waals surface area (Å²) < 4.78 is 1.32. The van der Waals surface area contributed by atoms with E-state index in [-0.39, 0.29) is 5.82 Å². The van der Waals surface area contributed by atoms with E-state index < -0.39 is 22.1 Å². The molecule has 9 heteroatoms. The molecule has 0 saturated heterocycles. The molecule has 2 aromatic rings. The smallest absolute Gasteiger partial charge is 0.342 e. The van der Waals surface area contributed by atoms with Crippen molar-refractivity contribution >= 4 is 11.7 Å². The summed E-state index contributed by atoms with van der Waals surface area (Å²) in [7, 11) is 0. The lowest BCUT2D eigenvalue weighted by Crippen LogP contribution is -2.08. The SMILES string of the molecule is Cc1nc(C)n(-c2cc(C(=O)O)c([N+](=O)[O-])cn2)n1. The lowest BCUT2D eigenvalue weighted by atomic mass is 10.2. The van der Waals surface area contributed by atoms with Crippen LogP contribution in [0.4, 0.5) is 5.69 Å². The Bertz CT molecular complexity index is 679. The van der Waals surface area contributed by atoms with E-state index in [1.807, 2.05) is 0 Å². The Labute approximate surface area is 106 Å². The molecule has 2 rings (SSSR count). The standard InChI is InChI=1S/C10H9N5O4/c1-5-12-6(2)14(13-5)9-3-7(10(16)17)8(4-11-9)15(18)19/h3-4H,1-2H3,(H,16,17). The molecule has 2 aromatic heterocycles. The molecule has 0 atom stereocenters. The first-order valence-electron chi connectivity index (χ1n) is 5.18. The minimum absolute atomic E-state index is 0.168. The van der Waals surface area contributed by atoms with Crippen LogP contribution < -0.4 is 0 Å². The first kappa shape index (κ1) is 12.6. The van der Waals surface area contributed by atoms with Gasteiger partial charge in [-0.05, 0) is 13.8 Å². The maximum Gasteiger partial charge on any atom is 0.342 e. The summed E-state index contributed by atoms with van der Waals surface area (Å²) in [6, 6.07) is 1.10. The van der Waals surface area contributed by atoms with Gasteiger partial charge in [0.1, 0.15) is 23.4 Å². The number of aryl methyl sites for hydroxylation is 2. The minimum atomic E-state index is -1.40. The van der Waals surface area contributed by atoms with Crippen molar-refractivity contribution in [1.29, 1.82) is 0 Å². The topological polar surface area (TPSA) is 124 Å². The van der Waals surface area contributed by atoms with Crippen LogP contribution in [0.1, 0.15) is 22.0 Å². The zero-order chi connectivity index (χ0) is 14.2. The van der Waals surface area contributed by atoms with Gasteiger partial charge in [0.2, 0.25) is 0 Å². The van der Waals surface area contributed by atoms with E-state index in [0.29, 0.717) is 11.6 Å². The zero-order valence-corrected chi connectivity index (χ0v) is 10.1. The first-order chi connectivity index (χ1) is 8.90. The lowest BCUT2D eigenvalue weighted by Gasteiger charge is -2.03. The van der Waals surface area contributed by atoms with Crippen molar-refractivity contribution < 1.29 is 14.8 Å². The number of carboxylic acids is 1. The Hall–Kier alpha value is -2.84. The summed E-state index contributed by atoms with van der Waals surface area (Å²) in [5, 5.41) is 23.7. The number of carboxylic acid groups (broad SMARTS) is 1. The number of carbonyl (C=O) groups is 1. The second-order valence-electron chi connectivity index (χ2n) is 3.74. The molecule has 2 heterocycles. The van der Waals surface area contributed by atoms with E-state index in [0.717, 1.165) is 12.3 Å². The Morgan fingerprint density at radius 2 is 2.16 bits per heavy atom. The van der Waals surface area contributed by atoms with E-state index in [1.54, 1.807) is 13.8 Å². The van der Waals surface area contributed by atoms with Crippen LogP contribution >= 0.6 is 0 Å². The molecule has 0 radical (unpaired) electrons. The van der Waals surface area contributed by atoms with Crippen molar-refractivity contribution in [2.45, 2.75) is 13.8 Å². The summed E-state index contributed by atoms with van der Waals surface area (Å²) >= 11 is 0. The van der Waals surface area contributed by atoms with Crippen molar-refractivity contribution in [3.05, 3.63) is 39.6 Å². The van der Waals surface area contributed by atoms with Gasteiger partial charge in [-0.3, -0.25) is 10.1 Å². The van der Waals surface area contributed by atoms with E-state index in [1.165, 1.54) is 4.68 Å². The molecule has 1 N–H and O–H groups in total. The van der Waals surface area contributed by atoms with Gasteiger partial charge < -0.3 is 5.11 Å². The highest BCUT2D eigenvalue weighted by atomic mass is 16.6. The molecule has 0 bridgehead atoms. The maximum absolute atomic E-state index is 11.0. The van der Waals surface area contributed by atoms with Crippen LogP contribution in [0.5, 0.6) is 0 Å². The molecule has 98 valence electrons. The first-order valence-corrected chi connectivity index (χ1v) is 5.18. The van der Waals surface area contributed by atoms with Gasteiger partial charge in [-0.2, -0.15) is 4.68 Å². The second-order valence-corrected chi connectivity index (χ2v) is 3.74. The number of nitrogens with zero attached hydrogens (tertiary/aromatic N) is 5. The third kappa shape index (κ3) is 2.25. The van der Waals surface area contributed by atoms with E-state index in [2.05, 4.69) is 15.1 Å². The molecule has 0 aromatic carbocycles. The van der Waals surface area contributed by atoms with Crippen molar-refractivity contribution in [2.75, 3.05) is 0 Å². The van der Waals surface area contributed by atoms with Crippen LogP contribution in [0.15, 0.2) is 12.3 Å². The average molecular weight is 263 g/mol. The summed E-state index contributed by atoms with van der Waals surface area (Å²) in [5.74, 6) is -0.226. The van der Waals surface area contributed by atoms with Gasteiger partial charge in [0.15, 0.2) is 5.82 Å². The summed E-state index contributed by atoms with van der Waals surface area (Å²) in [5.41, 5.74) is -1.01. The van der Waals surface area contributed by atoms with Crippen LogP contribution in [0.3, 0.4) is 0 Å². The van der Waals surface area contributed by atoms with Gasteiger partial charge in [0.05, 0.1) is 4.92 Å². The predicted octanol–water partition coefficient (Wildman–Crippen LogP) is 0.886. The van der Waals surface area contributed by atoms with Gasteiger partial charge in [-0.25, -0.2) is 14.8 Å². The third-order valence-electron chi connectivity index (χ3n) is 2.39. The summed E-state index contributed by atoms with van der Waals surface area (Å²) in [6.45, 7) is 3.34. The highest BCUT2D eigenvalue weighted by Crippen LogP contribution is 2.20. The number of rotatable bonds is 3. The monoisotopic (exact) mass is 263 g/mol. The van der Waals surface area contributed by atoms with E-state index in [9.17, 15) is 14.9 Å². The lowest BCUT2D eigenvalue weighted by molar-refractivity contribution is -0.385. The number of aromatic carboxylic acids is 1. The van der Waals surface area contributed by atoms with Crippen molar-refractivity contribution in [1.82, 2.24) is 19.7 Å². The van der Waals surface area contributed by atoms with Gasteiger partial charge in [-0.1, -0.05) is 0 Å². The molecule has 0 aliphatic heterocycles. The molecular weight excluding hydrogens is 254 g/mol. The molecule has 0 aliphatic rings. The highest BCUT2D eigenvalue weighted by Gasteiger charge is 2.22. The summed E-state index contributed by atoms with van der Waals surface area (Å²) in [6.07, 6.45) is 0.898. The Kier molecular flexibility index (Phi) is 2.95. The van der Waals surface area contributed by atoms with Crippen LogP contribution in [0.2, 0.25) is 0 Å². The average Bonchev–Trinajstić information content (AvgIpc) is 2.67. The maximum atomic E-state index is 11.0. The fourth-order valence-electron chi connectivity index (χ4n) is 1.61. The number of pyridine rings is 1. The Morgan fingerprint density at radius 3 is 2.63 bits per heavy atom. The van der Waals surface area contributed by atoms with Crippen LogP contribution in [-0.2, 0) is 0 Å². The molecule has 0 spiro atoms. The largest absolute Gasteiger partial charge is 0.477 e. The minimum Gasteiger partial charge on any atom is -0.477 e. The van der Waals surface area contributed by atoms with Gasteiger partial charge in [-0.15, -0.1) is 5.10 Å². The third-order valence-corrected chi connectivity index (χ3v) is 2.39. The number of aromatic nitrogens is 4. The van der Waals surface area contributed by atoms with Crippen molar-refractivity contribution in [3.63, 3.8) is 0 Å². The summed E-state index contributed by atoms with van der Waals surface area (Å²) in [4.78, 5) is 28.8. The van der Waals surface area contributed by atoms with Crippen LogP contribution in [0.25, 0.3) is 5.82 Å². The molecule has 19 heavy (non-hydrogen) atoms. The second kappa shape index (κ2) is 4.44. The van der Waals surface area contributed by atoms with Crippen molar-refractivity contribution in [2.24, 2.45) is 0 Å². The zero-order valence-electron chi connectivity index (χ0n) is 10.1. The molecule has 0 aliphatic carbocycles. The number of hydrogen-bond acceptors (Lipinski definition) is 6. The highest BCUT2D eigenvalue weighted by molar-refractivity contribution is 5.92. The van der Waals surface area contributed by atoms with Gasteiger partial charge >= 0.3 is 11.7 Å². The molecular formula is C10H9N5O4. The Morgan fingerprint density at radius 1 is 1.47 bits per heavy atom. The molecule has 0 saturated carbocycles. The van der Waals surface area contributed by atoms with Crippen molar-refractivity contribution in [3.8, 4) is 5.82 Å². The Balaban J connectivity index is 2.61. The molecule has 0 unspecified atom stereocenters. The fourth-order valence-corrected chi connectivity index (χ4v) is 1.61. The normalized spacial score (nSPS) is 10.4. The van der Waals surface area contributed by atoms with E-state index >= 15 is 0 Å². The van der Waals surface area contributed by atoms with Crippen LogP contribution in [0, 0.1) is 24.0 Å². The number of nitro groups is 1. The van der Waals surface area contributed by atoms with Gasteiger partial charge in [0, 0.05) is 6.07 Å². The number of hydrogen-bond donors (Lipinski definition) is 1. The molecule has 0 amide bonds. The molecule has 9 nitrogen and oxygen atoms in total. The van der Waals surface area contributed by atoms with E-state index in [4.69, 9.17) is 5.11 Å².